The number of aryl methyl sites for hydroxylation is 1. The third-order valence-electron chi connectivity index (χ3n) is 5.35. The maximum atomic E-state index is 13.3. The van der Waals surface area contributed by atoms with Gasteiger partial charge in [0.2, 0.25) is 5.91 Å². The second kappa shape index (κ2) is 10.1. The second-order valence-corrected chi connectivity index (χ2v) is 7.33. The van der Waals surface area contributed by atoms with E-state index in [2.05, 4.69) is 5.32 Å². The Balaban J connectivity index is 1.45. The summed E-state index contributed by atoms with van der Waals surface area (Å²) in [6, 6.07) is 11.3. The molecule has 0 atom stereocenters. The quantitative estimate of drug-likeness (QED) is 0.756. The number of rotatable bonds is 7. The van der Waals surface area contributed by atoms with Crippen molar-refractivity contribution in [3.63, 3.8) is 0 Å². The molecule has 2 aromatic rings. The van der Waals surface area contributed by atoms with Gasteiger partial charge in [-0.15, -0.1) is 0 Å². The van der Waals surface area contributed by atoms with Crippen LogP contribution in [0.25, 0.3) is 0 Å². The lowest BCUT2D eigenvalue weighted by Gasteiger charge is -2.32. The van der Waals surface area contributed by atoms with E-state index in [1.807, 2.05) is 23.1 Å². The minimum absolute atomic E-state index is 0.0179. The van der Waals surface area contributed by atoms with Gasteiger partial charge in [-0.1, -0.05) is 12.1 Å². The van der Waals surface area contributed by atoms with E-state index in [1.165, 1.54) is 18.2 Å². The predicted octanol–water partition coefficient (Wildman–Crippen LogP) is 3.20. The summed E-state index contributed by atoms with van der Waals surface area (Å²) < 4.78 is 23.8. The summed E-state index contributed by atoms with van der Waals surface area (Å²) in [6.45, 7) is 1.19. The highest BCUT2D eigenvalue weighted by Crippen LogP contribution is 2.28. The van der Waals surface area contributed by atoms with Gasteiger partial charge in [-0.3, -0.25) is 9.59 Å². The Morgan fingerprint density at radius 1 is 1.07 bits per heavy atom. The number of nitrogens with one attached hydrogen (secondary N) is 1. The molecule has 1 aliphatic rings. The van der Waals surface area contributed by atoms with Gasteiger partial charge < -0.3 is 19.7 Å². The Labute approximate surface area is 176 Å². The van der Waals surface area contributed by atoms with Crippen LogP contribution in [0.5, 0.6) is 11.5 Å². The molecule has 1 aliphatic heterocycles. The number of likely N-dealkylation sites (tertiary alicyclic amines) is 1. The smallest absolute Gasteiger partial charge is 0.251 e. The molecule has 6 nitrogen and oxygen atoms in total. The van der Waals surface area contributed by atoms with Crippen LogP contribution in [0.3, 0.4) is 0 Å². The number of benzene rings is 2. The van der Waals surface area contributed by atoms with Crippen LogP contribution in [0.2, 0.25) is 0 Å². The van der Waals surface area contributed by atoms with Gasteiger partial charge in [0.25, 0.3) is 5.91 Å². The third-order valence-corrected chi connectivity index (χ3v) is 5.35. The average Bonchev–Trinajstić information content (AvgIpc) is 2.77. The van der Waals surface area contributed by atoms with Crippen LogP contribution >= 0.6 is 0 Å². The molecule has 1 N–H and O–H groups in total. The largest absolute Gasteiger partial charge is 0.493 e. The summed E-state index contributed by atoms with van der Waals surface area (Å²) in [6.07, 6.45) is 2.40. The van der Waals surface area contributed by atoms with Gasteiger partial charge in [-0.2, -0.15) is 0 Å². The molecule has 2 aromatic carbocycles. The summed E-state index contributed by atoms with van der Waals surface area (Å²) in [5, 5.41) is 2.93. The van der Waals surface area contributed by atoms with Crippen molar-refractivity contribution < 1.29 is 23.5 Å². The highest BCUT2D eigenvalue weighted by Gasteiger charge is 2.24. The Kier molecular flexibility index (Phi) is 7.27. The molecule has 30 heavy (non-hydrogen) atoms. The van der Waals surface area contributed by atoms with Gasteiger partial charge in [0.1, 0.15) is 5.82 Å². The van der Waals surface area contributed by atoms with Gasteiger partial charge in [0.15, 0.2) is 11.5 Å². The number of piperidine rings is 1. The topological polar surface area (TPSA) is 67.9 Å². The van der Waals surface area contributed by atoms with E-state index in [-0.39, 0.29) is 17.9 Å². The Morgan fingerprint density at radius 2 is 1.80 bits per heavy atom. The number of carbonyl (C=O) groups excluding carboxylic acids is 2. The second-order valence-electron chi connectivity index (χ2n) is 7.33. The highest BCUT2D eigenvalue weighted by atomic mass is 19.1. The molecule has 1 heterocycles. The average molecular weight is 414 g/mol. The maximum Gasteiger partial charge on any atom is 0.251 e. The lowest BCUT2D eigenvalue weighted by molar-refractivity contribution is -0.132. The van der Waals surface area contributed by atoms with Crippen molar-refractivity contribution in [1.29, 1.82) is 0 Å². The molecule has 0 spiro atoms. The van der Waals surface area contributed by atoms with Crippen LogP contribution in [0, 0.1) is 5.82 Å². The summed E-state index contributed by atoms with van der Waals surface area (Å²) in [5.74, 6) is 0.692. The van der Waals surface area contributed by atoms with Crippen LogP contribution in [-0.2, 0) is 11.2 Å². The number of hydrogen-bond donors (Lipinski definition) is 1. The molecule has 0 unspecified atom stereocenters. The molecule has 7 heteroatoms. The summed E-state index contributed by atoms with van der Waals surface area (Å²) in [7, 11) is 3.18. The Morgan fingerprint density at radius 3 is 2.47 bits per heavy atom. The molecule has 2 amide bonds. The Bertz CT molecular complexity index is 895. The van der Waals surface area contributed by atoms with E-state index < -0.39 is 5.82 Å². The number of methoxy groups -OCH3 is 2. The fourth-order valence-electron chi connectivity index (χ4n) is 3.62. The molecule has 1 fully saturated rings. The minimum Gasteiger partial charge on any atom is -0.493 e. The molecular formula is C23H27FN2O4. The zero-order chi connectivity index (χ0) is 21.5. The van der Waals surface area contributed by atoms with E-state index >= 15 is 0 Å². The highest BCUT2D eigenvalue weighted by molar-refractivity contribution is 5.94. The standard InChI is InChI=1S/C23H27FN2O4/c1-29-20-8-6-16(14-21(20)30-2)7-9-22(27)26-12-10-19(11-13-26)25-23(28)17-4-3-5-18(24)15-17/h3-6,8,14-15,19H,7,9-13H2,1-2H3,(H,25,28). The first-order valence-electron chi connectivity index (χ1n) is 10.0. The molecule has 0 bridgehead atoms. The number of hydrogen-bond acceptors (Lipinski definition) is 4. The van der Waals surface area contributed by atoms with E-state index in [0.29, 0.717) is 55.8 Å². The molecule has 0 aliphatic carbocycles. The van der Waals surface area contributed by atoms with Gasteiger partial charge in [-0.25, -0.2) is 4.39 Å². The minimum atomic E-state index is -0.433. The van der Waals surface area contributed by atoms with E-state index in [0.717, 1.165) is 5.56 Å². The molecule has 0 saturated carbocycles. The lowest BCUT2D eigenvalue weighted by Crippen LogP contribution is -2.46. The number of halogens is 1. The maximum absolute atomic E-state index is 13.3. The van der Waals surface area contributed by atoms with Gasteiger partial charge >= 0.3 is 0 Å². The fourth-order valence-corrected chi connectivity index (χ4v) is 3.62. The number of nitrogens with zero attached hydrogens (tertiary/aromatic N) is 1. The van der Waals surface area contributed by atoms with Crippen molar-refractivity contribution in [2.75, 3.05) is 27.3 Å². The molecule has 1 saturated heterocycles. The van der Waals surface area contributed by atoms with Gasteiger partial charge in [0.05, 0.1) is 14.2 Å². The first kappa shape index (κ1) is 21.6. The number of ether oxygens (including phenoxy) is 2. The first-order valence-corrected chi connectivity index (χ1v) is 10.0. The van der Waals surface area contributed by atoms with Crippen molar-refractivity contribution >= 4 is 11.8 Å². The SMILES string of the molecule is COc1ccc(CCC(=O)N2CCC(NC(=O)c3cccc(F)c3)CC2)cc1OC. The lowest BCUT2D eigenvalue weighted by atomic mass is 10.0. The van der Waals surface area contributed by atoms with Gasteiger partial charge in [-0.05, 0) is 55.2 Å². The van der Waals surface area contributed by atoms with Crippen molar-refractivity contribution in [2.24, 2.45) is 0 Å². The first-order chi connectivity index (χ1) is 14.5. The van der Waals surface area contributed by atoms with Crippen LogP contribution in [0.4, 0.5) is 4.39 Å². The summed E-state index contributed by atoms with van der Waals surface area (Å²) in [4.78, 5) is 26.7. The van der Waals surface area contributed by atoms with Crippen LogP contribution < -0.4 is 14.8 Å². The normalized spacial score (nSPS) is 14.3. The zero-order valence-corrected chi connectivity index (χ0v) is 17.3. The van der Waals surface area contributed by atoms with Gasteiger partial charge in [0, 0.05) is 31.1 Å². The monoisotopic (exact) mass is 414 g/mol. The molecule has 0 radical (unpaired) electrons. The van der Waals surface area contributed by atoms with Crippen molar-refractivity contribution in [1.82, 2.24) is 10.2 Å². The summed E-state index contributed by atoms with van der Waals surface area (Å²) in [5.41, 5.74) is 1.32. The van der Waals surface area contributed by atoms with Crippen LogP contribution in [0.1, 0.15) is 35.2 Å². The van der Waals surface area contributed by atoms with Crippen molar-refractivity contribution in [2.45, 2.75) is 31.7 Å². The fraction of sp³-hybridized carbons (Fsp3) is 0.391. The molecule has 160 valence electrons. The zero-order valence-electron chi connectivity index (χ0n) is 17.3. The van der Waals surface area contributed by atoms with Crippen molar-refractivity contribution in [3.05, 3.63) is 59.4 Å². The summed E-state index contributed by atoms with van der Waals surface area (Å²) >= 11 is 0. The van der Waals surface area contributed by atoms with Crippen molar-refractivity contribution in [3.8, 4) is 11.5 Å². The van der Waals surface area contributed by atoms with E-state index in [1.54, 1.807) is 20.3 Å². The van der Waals surface area contributed by atoms with Crippen LogP contribution in [0.15, 0.2) is 42.5 Å². The molecular weight excluding hydrogens is 387 g/mol. The Hall–Kier alpha value is -3.09. The molecule has 3 rings (SSSR count). The van der Waals surface area contributed by atoms with E-state index in [9.17, 15) is 14.0 Å². The number of carbonyl (C=O) groups is 2. The number of amides is 2. The molecule has 0 aromatic heterocycles. The predicted molar refractivity (Wildman–Crippen MR) is 111 cm³/mol. The van der Waals surface area contributed by atoms with Crippen LogP contribution in [-0.4, -0.2) is 50.1 Å². The third kappa shape index (κ3) is 5.49. The van der Waals surface area contributed by atoms with E-state index in [4.69, 9.17) is 9.47 Å².